The fourth-order valence-corrected chi connectivity index (χ4v) is 2.48. The van der Waals surface area contributed by atoms with E-state index in [1.165, 1.54) is 18.2 Å². The van der Waals surface area contributed by atoms with Crippen LogP contribution < -0.4 is 0 Å². The Morgan fingerprint density at radius 1 is 0.667 bits per heavy atom. The van der Waals surface area contributed by atoms with Crippen LogP contribution in [0.25, 0.3) is 0 Å². The zero-order chi connectivity index (χ0) is 19.1. The lowest BCUT2D eigenvalue weighted by Crippen LogP contribution is -2.14. The second-order valence-electron chi connectivity index (χ2n) is 5.85. The Bertz CT molecular complexity index is 920. The van der Waals surface area contributed by atoms with E-state index < -0.39 is 11.9 Å². The van der Waals surface area contributed by atoms with Gasteiger partial charge in [0.15, 0.2) is 0 Å². The van der Waals surface area contributed by atoms with Crippen molar-refractivity contribution in [3.05, 3.63) is 101 Å². The van der Waals surface area contributed by atoms with E-state index in [9.17, 15) is 14.7 Å². The first-order valence-electron chi connectivity index (χ1n) is 8.38. The minimum absolute atomic E-state index is 0.0380. The van der Waals surface area contributed by atoms with E-state index in [2.05, 4.69) is 0 Å². The van der Waals surface area contributed by atoms with Crippen molar-refractivity contribution in [3.8, 4) is 5.75 Å². The number of hydrogen-bond acceptors (Lipinski definition) is 5. The van der Waals surface area contributed by atoms with Crippen LogP contribution in [0.3, 0.4) is 0 Å². The summed E-state index contributed by atoms with van der Waals surface area (Å²) in [4.78, 5) is 24.8. The van der Waals surface area contributed by atoms with Crippen LogP contribution in [0.2, 0.25) is 0 Å². The van der Waals surface area contributed by atoms with Gasteiger partial charge in [0.1, 0.15) is 19.0 Å². The number of aromatic hydroxyl groups is 1. The maximum absolute atomic E-state index is 12.4. The maximum Gasteiger partial charge on any atom is 0.339 e. The molecule has 136 valence electrons. The largest absolute Gasteiger partial charge is 0.508 e. The van der Waals surface area contributed by atoms with Gasteiger partial charge in [-0.05, 0) is 29.3 Å². The van der Waals surface area contributed by atoms with Gasteiger partial charge in [0, 0.05) is 0 Å². The number of carbonyl (C=O) groups is 2. The zero-order valence-corrected chi connectivity index (χ0v) is 14.5. The fourth-order valence-electron chi connectivity index (χ4n) is 2.48. The molecule has 3 aromatic carbocycles. The summed E-state index contributed by atoms with van der Waals surface area (Å²) >= 11 is 0. The molecule has 0 spiro atoms. The third-order valence-corrected chi connectivity index (χ3v) is 3.87. The molecule has 0 saturated carbocycles. The molecule has 0 atom stereocenters. The SMILES string of the molecule is O=C(OCc1ccccc1)c1ccc(O)cc1C(=O)OCc1ccccc1. The predicted octanol–water partition coefficient (Wildman–Crippen LogP) is 4.11. The zero-order valence-electron chi connectivity index (χ0n) is 14.5. The van der Waals surface area contributed by atoms with Crippen molar-refractivity contribution < 1.29 is 24.2 Å². The van der Waals surface area contributed by atoms with Gasteiger partial charge in [-0.1, -0.05) is 60.7 Å². The quantitative estimate of drug-likeness (QED) is 0.668. The first kappa shape index (κ1) is 18.2. The molecule has 0 fully saturated rings. The van der Waals surface area contributed by atoms with E-state index in [0.29, 0.717) is 0 Å². The lowest BCUT2D eigenvalue weighted by molar-refractivity contribution is 0.0425. The summed E-state index contributed by atoms with van der Waals surface area (Å²) in [6.07, 6.45) is 0. The normalized spacial score (nSPS) is 10.2. The number of esters is 2. The Morgan fingerprint density at radius 3 is 1.67 bits per heavy atom. The highest BCUT2D eigenvalue weighted by atomic mass is 16.5. The molecule has 0 amide bonds. The second kappa shape index (κ2) is 8.67. The Labute approximate surface area is 156 Å². The number of hydrogen-bond donors (Lipinski definition) is 1. The highest BCUT2D eigenvalue weighted by Gasteiger charge is 2.20. The molecule has 0 saturated heterocycles. The number of phenolic OH excluding ortho intramolecular Hbond substituents is 1. The molecular formula is C22H18O5. The van der Waals surface area contributed by atoms with Crippen LogP contribution in [0.15, 0.2) is 78.9 Å². The molecular weight excluding hydrogens is 344 g/mol. The van der Waals surface area contributed by atoms with Gasteiger partial charge in [0.2, 0.25) is 0 Å². The first-order valence-corrected chi connectivity index (χ1v) is 8.38. The summed E-state index contributed by atoms with van der Waals surface area (Å²) in [5.41, 5.74) is 1.66. The van der Waals surface area contributed by atoms with Crippen LogP contribution in [0.1, 0.15) is 31.8 Å². The molecule has 5 heteroatoms. The Morgan fingerprint density at radius 2 is 1.15 bits per heavy atom. The standard InChI is InChI=1S/C22H18O5/c23-18-11-12-19(21(24)26-14-16-7-3-1-4-8-16)20(13-18)22(25)27-15-17-9-5-2-6-10-17/h1-13,23H,14-15H2. The van der Waals surface area contributed by atoms with Crippen LogP contribution >= 0.6 is 0 Å². The van der Waals surface area contributed by atoms with E-state index in [1.54, 1.807) is 0 Å². The van der Waals surface area contributed by atoms with Crippen molar-refractivity contribution in [1.82, 2.24) is 0 Å². The molecule has 5 nitrogen and oxygen atoms in total. The van der Waals surface area contributed by atoms with Gasteiger partial charge >= 0.3 is 11.9 Å². The Hall–Kier alpha value is -3.60. The second-order valence-corrected chi connectivity index (χ2v) is 5.85. The lowest BCUT2D eigenvalue weighted by atomic mass is 10.1. The van der Waals surface area contributed by atoms with Crippen LogP contribution in [0.5, 0.6) is 5.75 Å². The van der Waals surface area contributed by atoms with Gasteiger partial charge in [0.25, 0.3) is 0 Å². The first-order chi connectivity index (χ1) is 13.1. The molecule has 0 unspecified atom stereocenters. The molecule has 0 radical (unpaired) electrons. The molecule has 0 aliphatic carbocycles. The molecule has 0 aromatic heterocycles. The van der Waals surface area contributed by atoms with Crippen LogP contribution in [-0.4, -0.2) is 17.0 Å². The minimum atomic E-state index is -0.707. The molecule has 3 rings (SSSR count). The third kappa shape index (κ3) is 4.95. The van der Waals surface area contributed by atoms with Crippen molar-refractivity contribution in [2.24, 2.45) is 0 Å². The van der Waals surface area contributed by atoms with Gasteiger partial charge in [-0.3, -0.25) is 0 Å². The number of carbonyl (C=O) groups excluding carboxylic acids is 2. The molecule has 1 N–H and O–H groups in total. The highest BCUT2D eigenvalue weighted by molar-refractivity contribution is 6.03. The number of benzene rings is 3. The summed E-state index contributed by atoms with van der Waals surface area (Å²) in [7, 11) is 0. The molecule has 3 aromatic rings. The number of ether oxygens (including phenoxy) is 2. The lowest BCUT2D eigenvalue weighted by Gasteiger charge is -2.10. The van der Waals surface area contributed by atoms with E-state index in [0.717, 1.165) is 11.1 Å². The molecule has 0 aliphatic rings. The molecule has 27 heavy (non-hydrogen) atoms. The average Bonchev–Trinajstić information content (AvgIpc) is 2.71. The van der Waals surface area contributed by atoms with Crippen molar-refractivity contribution >= 4 is 11.9 Å². The van der Waals surface area contributed by atoms with E-state index >= 15 is 0 Å². The van der Waals surface area contributed by atoms with Crippen LogP contribution in [-0.2, 0) is 22.7 Å². The van der Waals surface area contributed by atoms with E-state index in [1.807, 2.05) is 60.7 Å². The fraction of sp³-hybridized carbons (Fsp3) is 0.0909. The topological polar surface area (TPSA) is 72.8 Å². The van der Waals surface area contributed by atoms with Gasteiger partial charge in [-0.25, -0.2) is 9.59 Å². The summed E-state index contributed by atoms with van der Waals surface area (Å²) in [5, 5.41) is 9.70. The van der Waals surface area contributed by atoms with E-state index in [-0.39, 0.29) is 30.1 Å². The summed E-state index contributed by atoms with van der Waals surface area (Å²) in [6.45, 7) is 0.146. The van der Waals surface area contributed by atoms with Gasteiger partial charge in [-0.15, -0.1) is 0 Å². The van der Waals surface area contributed by atoms with Crippen LogP contribution in [0.4, 0.5) is 0 Å². The van der Waals surface area contributed by atoms with Gasteiger partial charge in [0.05, 0.1) is 11.1 Å². The van der Waals surface area contributed by atoms with E-state index in [4.69, 9.17) is 9.47 Å². The maximum atomic E-state index is 12.4. The number of rotatable bonds is 6. The Balaban J connectivity index is 1.71. The van der Waals surface area contributed by atoms with Gasteiger partial charge < -0.3 is 14.6 Å². The molecule has 0 bridgehead atoms. The highest BCUT2D eigenvalue weighted by Crippen LogP contribution is 2.20. The number of phenols is 1. The third-order valence-electron chi connectivity index (χ3n) is 3.87. The summed E-state index contributed by atoms with van der Waals surface area (Å²) in [5.74, 6) is -1.51. The van der Waals surface area contributed by atoms with Crippen molar-refractivity contribution in [3.63, 3.8) is 0 Å². The van der Waals surface area contributed by atoms with Crippen molar-refractivity contribution in [1.29, 1.82) is 0 Å². The van der Waals surface area contributed by atoms with Crippen molar-refractivity contribution in [2.75, 3.05) is 0 Å². The minimum Gasteiger partial charge on any atom is -0.508 e. The molecule has 0 heterocycles. The average molecular weight is 362 g/mol. The predicted molar refractivity (Wildman–Crippen MR) is 99.2 cm³/mol. The molecule has 0 aliphatic heterocycles. The van der Waals surface area contributed by atoms with Crippen LogP contribution in [0, 0.1) is 0 Å². The monoisotopic (exact) mass is 362 g/mol. The smallest absolute Gasteiger partial charge is 0.339 e. The summed E-state index contributed by atoms with van der Waals surface area (Å²) < 4.78 is 10.5. The van der Waals surface area contributed by atoms with Crippen molar-refractivity contribution in [2.45, 2.75) is 13.2 Å². The van der Waals surface area contributed by atoms with Gasteiger partial charge in [-0.2, -0.15) is 0 Å². The Kier molecular flexibility index (Phi) is 5.84. The summed E-state index contributed by atoms with van der Waals surface area (Å²) in [6, 6.07) is 22.3.